The van der Waals surface area contributed by atoms with Gasteiger partial charge in [-0.1, -0.05) is 12.1 Å². The van der Waals surface area contributed by atoms with E-state index in [2.05, 4.69) is 21.0 Å². The second kappa shape index (κ2) is 11.4. The minimum atomic E-state index is -0.488. The average molecular weight is 471 g/mol. The van der Waals surface area contributed by atoms with Crippen molar-refractivity contribution in [3.8, 4) is 11.5 Å². The molecule has 0 saturated heterocycles. The molecule has 0 fully saturated rings. The molecule has 3 rings (SSSR count). The van der Waals surface area contributed by atoms with Crippen LogP contribution < -0.4 is 20.3 Å². The molecule has 0 saturated carbocycles. The monoisotopic (exact) mass is 470 g/mol. The first-order chi connectivity index (χ1) is 15.9. The minimum absolute atomic E-state index is 0.315. The number of thioether (sulfide) groups is 1. The van der Waals surface area contributed by atoms with Gasteiger partial charge in [0, 0.05) is 23.1 Å². The van der Waals surface area contributed by atoms with Gasteiger partial charge < -0.3 is 14.0 Å². The van der Waals surface area contributed by atoms with E-state index >= 15 is 0 Å². The van der Waals surface area contributed by atoms with Gasteiger partial charge in [0.2, 0.25) is 0 Å². The lowest BCUT2D eigenvalue weighted by atomic mass is 10.2. The number of aromatic nitrogens is 2. The number of benzene rings is 1. The summed E-state index contributed by atoms with van der Waals surface area (Å²) < 4.78 is 16.1. The highest BCUT2D eigenvalue weighted by atomic mass is 32.2. The van der Waals surface area contributed by atoms with Gasteiger partial charge in [0.05, 0.1) is 25.0 Å². The van der Waals surface area contributed by atoms with Crippen molar-refractivity contribution < 1.29 is 23.6 Å². The van der Waals surface area contributed by atoms with Crippen LogP contribution in [-0.2, 0) is 5.75 Å². The quantitative estimate of drug-likeness (QED) is 0.358. The summed E-state index contributed by atoms with van der Waals surface area (Å²) in [5, 5.41) is 4.47. The fourth-order valence-electron chi connectivity index (χ4n) is 2.92. The second-order valence-electron chi connectivity index (χ2n) is 7.07. The molecule has 0 radical (unpaired) electrons. The molecule has 2 aromatic heterocycles. The molecule has 0 atom stereocenters. The highest BCUT2D eigenvalue weighted by molar-refractivity contribution is 7.98. The number of hydrazine groups is 1. The molecule has 33 heavy (non-hydrogen) atoms. The number of pyridine rings is 1. The van der Waals surface area contributed by atoms with Crippen LogP contribution in [0.4, 0.5) is 0 Å². The first-order valence-electron chi connectivity index (χ1n) is 10.4. The summed E-state index contributed by atoms with van der Waals surface area (Å²) in [4.78, 5) is 29.6. The maximum atomic E-state index is 12.7. The van der Waals surface area contributed by atoms with Crippen molar-refractivity contribution >= 4 is 23.6 Å². The van der Waals surface area contributed by atoms with Crippen LogP contribution in [0.3, 0.4) is 0 Å². The Morgan fingerprint density at radius 3 is 2.61 bits per heavy atom. The third-order valence-electron chi connectivity index (χ3n) is 4.73. The summed E-state index contributed by atoms with van der Waals surface area (Å²) >= 11 is 1.39. The second-order valence-corrected chi connectivity index (χ2v) is 8.03. The molecule has 0 aliphatic heterocycles. The van der Waals surface area contributed by atoms with Crippen molar-refractivity contribution in [2.75, 3.05) is 13.7 Å². The Morgan fingerprint density at radius 1 is 1.12 bits per heavy atom. The van der Waals surface area contributed by atoms with Crippen molar-refractivity contribution in [1.82, 2.24) is 21.0 Å². The smallest absolute Gasteiger partial charge is 0.272 e. The van der Waals surface area contributed by atoms with Gasteiger partial charge in [-0.25, -0.2) is 4.98 Å². The number of hydrogen-bond donors (Lipinski definition) is 2. The summed E-state index contributed by atoms with van der Waals surface area (Å²) in [6.45, 7) is 6.25. The molecule has 0 spiro atoms. The Hall–Kier alpha value is -3.53. The summed E-state index contributed by atoms with van der Waals surface area (Å²) in [7, 11) is 1.50. The number of carbonyl (C=O) groups excluding carboxylic acids is 2. The van der Waals surface area contributed by atoms with Crippen molar-refractivity contribution in [2.45, 2.75) is 38.0 Å². The lowest BCUT2D eigenvalue weighted by Crippen LogP contribution is -2.41. The average Bonchev–Trinajstić information content (AvgIpc) is 3.16. The number of nitrogens with zero attached hydrogens (tertiary/aromatic N) is 2. The Balaban J connectivity index is 1.64. The molecule has 0 aliphatic carbocycles. The van der Waals surface area contributed by atoms with Gasteiger partial charge >= 0.3 is 0 Å². The third kappa shape index (κ3) is 6.04. The van der Waals surface area contributed by atoms with E-state index in [4.69, 9.17) is 14.0 Å². The molecule has 0 unspecified atom stereocenters. The van der Waals surface area contributed by atoms with E-state index in [1.54, 1.807) is 36.5 Å². The van der Waals surface area contributed by atoms with Gasteiger partial charge in [-0.15, -0.1) is 11.8 Å². The van der Waals surface area contributed by atoms with Crippen LogP contribution in [0.15, 0.2) is 46.1 Å². The van der Waals surface area contributed by atoms with Gasteiger partial charge in [0.25, 0.3) is 11.8 Å². The Kier molecular flexibility index (Phi) is 8.31. The summed E-state index contributed by atoms with van der Waals surface area (Å²) in [6.07, 6.45) is 2.46. The van der Waals surface area contributed by atoms with Gasteiger partial charge in [-0.2, -0.15) is 0 Å². The van der Waals surface area contributed by atoms with Crippen LogP contribution in [-0.4, -0.2) is 35.7 Å². The molecule has 10 heteroatoms. The first-order valence-corrected chi connectivity index (χ1v) is 11.3. The Morgan fingerprint density at radius 2 is 1.91 bits per heavy atom. The summed E-state index contributed by atoms with van der Waals surface area (Å²) in [5.41, 5.74) is 7.30. The SMILES string of the molecule is CCCOc1ccc(C(=O)NNC(=O)c2cccnc2SCc2c(C)noc2C)cc1OC. The predicted molar refractivity (Wildman–Crippen MR) is 123 cm³/mol. The zero-order valence-corrected chi connectivity index (χ0v) is 19.7. The number of rotatable bonds is 9. The van der Waals surface area contributed by atoms with Crippen molar-refractivity contribution in [3.05, 3.63) is 64.7 Å². The number of nitrogens with one attached hydrogen (secondary N) is 2. The van der Waals surface area contributed by atoms with Crippen molar-refractivity contribution in [1.29, 1.82) is 0 Å². The topological polar surface area (TPSA) is 116 Å². The maximum absolute atomic E-state index is 12.7. The minimum Gasteiger partial charge on any atom is -0.493 e. The summed E-state index contributed by atoms with van der Waals surface area (Å²) in [5.74, 6) is 1.31. The predicted octanol–water partition coefficient (Wildman–Crippen LogP) is 3.85. The van der Waals surface area contributed by atoms with E-state index < -0.39 is 11.8 Å². The molecule has 3 aromatic rings. The van der Waals surface area contributed by atoms with E-state index in [1.165, 1.54) is 18.9 Å². The van der Waals surface area contributed by atoms with Crippen molar-refractivity contribution in [2.24, 2.45) is 0 Å². The molecule has 2 N–H and O–H groups in total. The molecule has 1 aromatic carbocycles. The maximum Gasteiger partial charge on any atom is 0.272 e. The molecule has 2 heterocycles. The molecular formula is C23H26N4O5S. The Labute approximate surface area is 196 Å². The standard InChI is InChI=1S/C23H26N4O5S/c1-5-11-31-19-9-8-16(12-20(19)30-4)21(28)25-26-22(29)17-7-6-10-24-23(17)33-13-18-14(2)27-32-15(18)3/h6-10,12H,5,11,13H2,1-4H3,(H,25,28)(H,26,29). The lowest BCUT2D eigenvalue weighted by molar-refractivity contribution is 0.0844. The van der Waals surface area contributed by atoms with E-state index in [0.717, 1.165) is 23.4 Å². The molecule has 174 valence electrons. The lowest BCUT2D eigenvalue weighted by Gasteiger charge is -2.13. The number of carbonyl (C=O) groups is 2. The molecular weight excluding hydrogens is 444 g/mol. The molecule has 0 bridgehead atoms. The summed E-state index contributed by atoms with van der Waals surface area (Å²) in [6, 6.07) is 8.13. The largest absolute Gasteiger partial charge is 0.493 e. The van der Waals surface area contributed by atoms with Crippen LogP contribution in [0.1, 0.15) is 51.1 Å². The third-order valence-corrected chi connectivity index (χ3v) is 5.76. The van der Waals surface area contributed by atoms with Gasteiger partial charge in [0.15, 0.2) is 11.5 Å². The van der Waals surface area contributed by atoms with Gasteiger partial charge in [-0.05, 0) is 50.6 Å². The van der Waals surface area contributed by atoms with Crippen LogP contribution in [0, 0.1) is 13.8 Å². The number of amides is 2. The fourth-order valence-corrected chi connectivity index (χ4v) is 4.07. The zero-order valence-electron chi connectivity index (χ0n) is 18.9. The van der Waals surface area contributed by atoms with E-state index in [0.29, 0.717) is 40.0 Å². The van der Waals surface area contributed by atoms with E-state index in [9.17, 15) is 9.59 Å². The van der Waals surface area contributed by atoms with Gasteiger partial charge in [0.1, 0.15) is 10.8 Å². The number of ether oxygens (including phenoxy) is 2. The van der Waals surface area contributed by atoms with Crippen LogP contribution in [0.2, 0.25) is 0 Å². The highest BCUT2D eigenvalue weighted by Gasteiger charge is 2.17. The van der Waals surface area contributed by atoms with Crippen LogP contribution in [0.5, 0.6) is 11.5 Å². The number of aryl methyl sites for hydroxylation is 2. The normalized spacial score (nSPS) is 10.5. The van der Waals surface area contributed by atoms with E-state index in [1.807, 2.05) is 20.8 Å². The van der Waals surface area contributed by atoms with Crippen LogP contribution in [0.25, 0.3) is 0 Å². The molecule has 2 amide bonds. The van der Waals surface area contributed by atoms with Crippen LogP contribution >= 0.6 is 11.8 Å². The molecule has 0 aliphatic rings. The number of hydrogen-bond acceptors (Lipinski definition) is 8. The molecule has 9 nitrogen and oxygen atoms in total. The Bertz CT molecular complexity index is 1110. The van der Waals surface area contributed by atoms with Crippen molar-refractivity contribution in [3.63, 3.8) is 0 Å². The van der Waals surface area contributed by atoms with E-state index in [-0.39, 0.29) is 0 Å². The first kappa shape index (κ1) is 24.1. The highest BCUT2D eigenvalue weighted by Crippen LogP contribution is 2.29. The number of methoxy groups -OCH3 is 1. The fraction of sp³-hybridized carbons (Fsp3) is 0.304. The zero-order chi connectivity index (χ0) is 23.8. The van der Waals surface area contributed by atoms with Gasteiger partial charge in [-0.3, -0.25) is 20.4 Å².